The molecule has 1 heterocycles. The lowest BCUT2D eigenvalue weighted by atomic mass is 10.1. The second-order valence-corrected chi connectivity index (χ2v) is 6.65. The molecule has 144 valence electrons. The van der Waals surface area contributed by atoms with Crippen molar-refractivity contribution in [2.75, 3.05) is 40.0 Å². The standard InChI is InChI=1S/C20H31N3O3/c1-16(17(2)23-9-12-25-13-10-23)22-15-18-6-7-19(24-3)20(14-18)26-11-5-4-8-21/h6-7,14,16-17,22H,4-5,9-13,15H2,1-3H3. The van der Waals surface area contributed by atoms with Gasteiger partial charge in [-0.15, -0.1) is 0 Å². The van der Waals surface area contributed by atoms with Gasteiger partial charge in [-0.1, -0.05) is 6.07 Å². The van der Waals surface area contributed by atoms with Crippen molar-refractivity contribution >= 4 is 0 Å². The molecule has 1 fully saturated rings. The summed E-state index contributed by atoms with van der Waals surface area (Å²) in [6, 6.07) is 8.97. The Morgan fingerprint density at radius 2 is 2.04 bits per heavy atom. The molecule has 6 nitrogen and oxygen atoms in total. The van der Waals surface area contributed by atoms with Crippen molar-refractivity contribution in [2.45, 2.75) is 45.3 Å². The molecular formula is C20H31N3O3. The van der Waals surface area contributed by atoms with Gasteiger partial charge in [0.2, 0.25) is 0 Å². The molecule has 1 N–H and O–H groups in total. The number of nitrogens with zero attached hydrogens (tertiary/aromatic N) is 2. The summed E-state index contributed by atoms with van der Waals surface area (Å²) in [5.41, 5.74) is 1.15. The van der Waals surface area contributed by atoms with Gasteiger partial charge >= 0.3 is 0 Å². The van der Waals surface area contributed by atoms with Gasteiger partial charge in [-0.3, -0.25) is 4.90 Å². The topological polar surface area (TPSA) is 66.8 Å². The Balaban J connectivity index is 1.88. The number of morpholine rings is 1. The van der Waals surface area contributed by atoms with Gasteiger partial charge in [0.05, 0.1) is 33.0 Å². The van der Waals surface area contributed by atoms with Crippen molar-refractivity contribution < 1.29 is 14.2 Å². The third-order valence-electron chi connectivity index (χ3n) is 4.89. The molecule has 0 radical (unpaired) electrons. The van der Waals surface area contributed by atoms with Crippen LogP contribution in [0.3, 0.4) is 0 Å². The maximum Gasteiger partial charge on any atom is 0.161 e. The van der Waals surface area contributed by atoms with Crippen molar-refractivity contribution in [1.82, 2.24) is 10.2 Å². The lowest BCUT2D eigenvalue weighted by Crippen LogP contribution is -2.50. The third-order valence-corrected chi connectivity index (χ3v) is 4.89. The summed E-state index contributed by atoms with van der Waals surface area (Å²) in [5.74, 6) is 1.46. The van der Waals surface area contributed by atoms with Crippen LogP contribution in [0.25, 0.3) is 0 Å². The van der Waals surface area contributed by atoms with Crippen LogP contribution in [0, 0.1) is 11.3 Å². The minimum absolute atomic E-state index is 0.371. The molecule has 1 aliphatic heterocycles. The van der Waals surface area contributed by atoms with Gasteiger partial charge in [0.15, 0.2) is 11.5 Å². The molecule has 2 unspecified atom stereocenters. The molecule has 1 aliphatic rings. The van der Waals surface area contributed by atoms with E-state index in [0.717, 1.165) is 56.3 Å². The fraction of sp³-hybridized carbons (Fsp3) is 0.650. The van der Waals surface area contributed by atoms with E-state index in [2.05, 4.69) is 36.2 Å². The van der Waals surface area contributed by atoms with Crippen LogP contribution >= 0.6 is 0 Å². The SMILES string of the molecule is COc1ccc(CNC(C)C(C)N2CCOCC2)cc1OCCCC#N. The summed E-state index contributed by atoms with van der Waals surface area (Å²) < 4.78 is 16.6. The number of methoxy groups -OCH3 is 1. The fourth-order valence-corrected chi connectivity index (χ4v) is 3.03. The van der Waals surface area contributed by atoms with Crippen molar-refractivity contribution in [3.8, 4) is 17.6 Å². The van der Waals surface area contributed by atoms with Crippen LogP contribution in [0.1, 0.15) is 32.3 Å². The normalized spacial score (nSPS) is 17.3. The molecule has 1 aromatic carbocycles. The first-order chi connectivity index (χ1) is 12.7. The summed E-state index contributed by atoms with van der Waals surface area (Å²) in [6.45, 7) is 9.42. The van der Waals surface area contributed by atoms with E-state index >= 15 is 0 Å². The summed E-state index contributed by atoms with van der Waals surface area (Å²) in [5, 5.41) is 12.2. The summed E-state index contributed by atoms with van der Waals surface area (Å²) in [6.07, 6.45) is 1.22. The van der Waals surface area contributed by atoms with Crippen LogP contribution in [-0.4, -0.2) is 57.0 Å². The van der Waals surface area contributed by atoms with E-state index in [1.807, 2.05) is 12.1 Å². The van der Waals surface area contributed by atoms with E-state index in [9.17, 15) is 0 Å². The monoisotopic (exact) mass is 361 g/mol. The number of hydrogen-bond acceptors (Lipinski definition) is 6. The van der Waals surface area contributed by atoms with Gasteiger partial charge in [0, 0.05) is 38.1 Å². The van der Waals surface area contributed by atoms with Gasteiger partial charge in [-0.2, -0.15) is 5.26 Å². The van der Waals surface area contributed by atoms with Crippen molar-refractivity contribution in [1.29, 1.82) is 5.26 Å². The highest BCUT2D eigenvalue weighted by molar-refractivity contribution is 5.43. The molecule has 2 atom stereocenters. The first-order valence-electron chi connectivity index (χ1n) is 9.37. The number of nitriles is 1. The summed E-state index contributed by atoms with van der Waals surface area (Å²) in [7, 11) is 1.64. The van der Waals surface area contributed by atoms with Crippen LogP contribution in [0.5, 0.6) is 11.5 Å². The van der Waals surface area contributed by atoms with Gasteiger partial charge < -0.3 is 19.5 Å². The van der Waals surface area contributed by atoms with Crippen molar-refractivity contribution in [3.63, 3.8) is 0 Å². The largest absolute Gasteiger partial charge is 0.493 e. The molecule has 0 bridgehead atoms. The Labute approximate surface area is 157 Å². The third kappa shape index (κ3) is 6.17. The number of ether oxygens (including phenoxy) is 3. The Bertz CT molecular complexity index is 582. The Morgan fingerprint density at radius 3 is 2.73 bits per heavy atom. The predicted molar refractivity (Wildman–Crippen MR) is 101 cm³/mol. The zero-order chi connectivity index (χ0) is 18.8. The van der Waals surface area contributed by atoms with Gasteiger partial charge in [0.1, 0.15) is 0 Å². The Morgan fingerprint density at radius 1 is 1.27 bits per heavy atom. The maximum absolute atomic E-state index is 8.62. The van der Waals surface area contributed by atoms with Gasteiger partial charge in [0.25, 0.3) is 0 Å². The molecule has 6 heteroatoms. The average molecular weight is 361 g/mol. The molecule has 0 aliphatic carbocycles. The van der Waals surface area contributed by atoms with Crippen molar-refractivity contribution in [2.24, 2.45) is 0 Å². The maximum atomic E-state index is 8.62. The molecule has 2 rings (SSSR count). The van der Waals surface area contributed by atoms with E-state index in [-0.39, 0.29) is 0 Å². The molecule has 1 aromatic rings. The Hall–Kier alpha value is -1.81. The number of benzene rings is 1. The summed E-state index contributed by atoms with van der Waals surface area (Å²) in [4.78, 5) is 2.47. The highest BCUT2D eigenvalue weighted by Gasteiger charge is 2.21. The fourth-order valence-electron chi connectivity index (χ4n) is 3.03. The number of rotatable bonds is 10. The van der Waals surface area contributed by atoms with Gasteiger partial charge in [-0.25, -0.2) is 0 Å². The number of unbranched alkanes of at least 4 members (excludes halogenated alkanes) is 1. The Kier molecular flexibility index (Phi) is 8.69. The highest BCUT2D eigenvalue weighted by atomic mass is 16.5. The van der Waals surface area contributed by atoms with Crippen LogP contribution in [-0.2, 0) is 11.3 Å². The molecule has 26 heavy (non-hydrogen) atoms. The summed E-state index contributed by atoms with van der Waals surface area (Å²) >= 11 is 0. The van der Waals surface area contributed by atoms with Crippen molar-refractivity contribution in [3.05, 3.63) is 23.8 Å². The van der Waals surface area contributed by atoms with E-state index in [4.69, 9.17) is 19.5 Å². The quantitative estimate of drug-likeness (QED) is 0.646. The van der Waals surface area contributed by atoms with E-state index < -0.39 is 0 Å². The molecular weight excluding hydrogens is 330 g/mol. The van der Waals surface area contributed by atoms with E-state index in [1.54, 1.807) is 7.11 Å². The first-order valence-corrected chi connectivity index (χ1v) is 9.37. The molecule has 0 saturated carbocycles. The van der Waals surface area contributed by atoms with Crippen LogP contribution in [0.15, 0.2) is 18.2 Å². The first kappa shape index (κ1) is 20.5. The minimum atomic E-state index is 0.371. The second-order valence-electron chi connectivity index (χ2n) is 6.65. The molecule has 0 spiro atoms. The number of hydrogen-bond donors (Lipinski definition) is 1. The predicted octanol–water partition coefficient (Wildman–Crippen LogP) is 2.58. The zero-order valence-corrected chi connectivity index (χ0v) is 16.2. The lowest BCUT2D eigenvalue weighted by Gasteiger charge is -2.36. The van der Waals surface area contributed by atoms with Crippen LogP contribution < -0.4 is 14.8 Å². The number of nitrogens with one attached hydrogen (secondary N) is 1. The smallest absolute Gasteiger partial charge is 0.161 e. The molecule has 0 aromatic heterocycles. The average Bonchev–Trinajstić information content (AvgIpc) is 2.69. The highest BCUT2D eigenvalue weighted by Crippen LogP contribution is 2.28. The van der Waals surface area contributed by atoms with Crippen LogP contribution in [0.4, 0.5) is 0 Å². The van der Waals surface area contributed by atoms with E-state index in [1.165, 1.54) is 0 Å². The van der Waals surface area contributed by atoms with Crippen LogP contribution in [0.2, 0.25) is 0 Å². The second kappa shape index (κ2) is 11.0. The minimum Gasteiger partial charge on any atom is -0.493 e. The zero-order valence-electron chi connectivity index (χ0n) is 16.2. The molecule has 1 saturated heterocycles. The van der Waals surface area contributed by atoms with Gasteiger partial charge in [-0.05, 0) is 38.0 Å². The lowest BCUT2D eigenvalue weighted by molar-refractivity contribution is 0.0135. The molecule has 0 amide bonds. The van der Waals surface area contributed by atoms with E-state index in [0.29, 0.717) is 25.1 Å².